The summed E-state index contributed by atoms with van der Waals surface area (Å²) < 4.78 is 44.3. The predicted molar refractivity (Wildman–Crippen MR) is 56.3 cm³/mol. The highest BCUT2D eigenvalue weighted by atomic mass is 19.4. The number of nitrogens with one attached hydrogen (secondary N) is 1. The number of alkyl halides is 3. The third-order valence-electron chi connectivity index (χ3n) is 2.23. The molecule has 0 aliphatic heterocycles. The summed E-state index contributed by atoms with van der Waals surface area (Å²) in [5.41, 5.74) is 0.682. The second-order valence-electron chi connectivity index (χ2n) is 3.47. The summed E-state index contributed by atoms with van der Waals surface area (Å²) in [6, 6.07) is 5.13. The minimum atomic E-state index is -4.74. The lowest BCUT2D eigenvalue weighted by atomic mass is 10.2. The molecule has 2 rings (SSSR count). The molecule has 0 saturated carbocycles. The molecule has 0 spiro atoms. The molecule has 2 aromatic rings. The van der Waals surface area contributed by atoms with Crippen LogP contribution in [0.2, 0.25) is 0 Å². The Labute approximate surface area is 99.3 Å². The average Bonchev–Trinajstić information content (AvgIpc) is 2.68. The number of aromatic nitrogens is 1. The smallest absolute Gasteiger partial charge is 0.464 e. The Kier molecular flexibility index (Phi) is 2.90. The molecule has 18 heavy (non-hydrogen) atoms. The summed E-state index contributed by atoms with van der Waals surface area (Å²) in [5, 5.41) is 0.428. The van der Waals surface area contributed by atoms with Gasteiger partial charge in [-0.05, 0) is 24.3 Å². The highest BCUT2D eigenvalue weighted by Gasteiger charge is 2.31. The molecule has 0 aliphatic rings. The van der Waals surface area contributed by atoms with E-state index < -0.39 is 12.3 Å². The van der Waals surface area contributed by atoms with E-state index in [1.807, 2.05) is 0 Å². The summed E-state index contributed by atoms with van der Waals surface area (Å²) in [5.74, 6) is -0.935. The van der Waals surface area contributed by atoms with Crippen LogP contribution in [-0.2, 0) is 4.74 Å². The predicted octanol–water partition coefficient (Wildman–Crippen LogP) is 2.85. The number of ether oxygens (including phenoxy) is 2. The number of fused-ring (bicyclic) bond motifs is 1. The molecule has 0 fully saturated rings. The first kappa shape index (κ1) is 12.3. The molecule has 0 atom stereocenters. The van der Waals surface area contributed by atoms with Gasteiger partial charge in [0.25, 0.3) is 0 Å². The number of aromatic amines is 1. The lowest BCUT2D eigenvalue weighted by molar-refractivity contribution is -0.274. The first-order chi connectivity index (χ1) is 8.39. The Hall–Kier alpha value is -2.18. The van der Waals surface area contributed by atoms with Crippen LogP contribution in [-0.4, -0.2) is 24.4 Å². The number of rotatable bonds is 2. The van der Waals surface area contributed by atoms with Crippen molar-refractivity contribution in [2.24, 2.45) is 0 Å². The van der Waals surface area contributed by atoms with Crippen LogP contribution in [0.25, 0.3) is 10.9 Å². The van der Waals surface area contributed by atoms with Gasteiger partial charge in [0, 0.05) is 10.9 Å². The topological polar surface area (TPSA) is 51.3 Å². The zero-order valence-electron chi connectivity index (χ0n) is 9.17. The molecule has 1 aromatic heterocycles. The van der Waals surface area contributed by atoms with E-state index in [9.17, 15) is 18.0 Å². The van der Waals surface area contributed by atoms with Crippen LogP contribution in [0.4, 0.5) is 13.2 Å². The van der Waals surface area contributed by atoms with Crippen molar-refractivity contribution in [3.63, 3.8) is 0 Å². The van der Waals surface area contributed by atoms with Crippen molar-refractivity contribution in [2.75, 3.05) is 7.11 Å². The van der Waals surface area contributed by atoms with E-state index >= 15 is 0 Å². The first-order valence-corrected chi connectivity index (χ1v) is 4.86. The maximum atomic E-state index is 12.0. The molecule has 1 aromatic carbocycles. The van der Waals surface area contributed by atoms with E-state index in [-0.39, 0.29) is 11.4 Å². The van der Waals surface area contributed by atoms with Crippen molar-refractivity contribution in [2.45, 2.75) is 6.36 Å². The fourth-order valence-electron chi connectivity index (χ4n) is 1.53. The SMILES string of the molecule is COC(=O)c1cc2cc(OC(F)(F)F)ccc2[nH]1. The molecule has 7 heteroatoms. The van der Waals surface area contributed by atoms with Crippen LogP contribution in [0.1, 0.15) is 10.5 Å². The summed E-state index contributed by atoms with van der Waals surface area (Å²) in [6.45, 7) is 0. The Morgan fingerprint density at radius 1 is 1.28 bits per heavy atom. The van der Waals surface area contributed by atoms with Crippen LogP contribution in [0.5, 0.6) is 5.75 Å². The number of hydrogen-bond donors (Lipinski definition) is 1. The molecular formula is C11H8F3NO3. The fraction of sp³-hybridized carbons (Fsp3) is 0.182. The van der Waals surface area contributed by atoms with Crippen LogP contribution in [0, 0.1) is 0 Å². The molecule has 0 amide bonds. The van der Waals surface area contributed by atoms with Gasteiger partial charge in [-0.2, -0.15) is 0 Å². The monoisotopic (exact) mass is 259 g/mol. The number of H-pyrrole nitrogens is 1. The number of benzene rings is 1. The molecule has 4 nitrogen and oxygen atoms in total. The van der Waals surface area contributed by atoms with Gasteiger partial charge in [0.2, 0.25) is 0 Å². The molecule has 0 aliphatic carbocycles. The Morgan fingerprint density at radius 3 is 2.61 bits per heavy atom. The van der Waals surface area contributed by atoms with Crippen LogP contribution in [0.3, 0.4) is 0 Å². The lowest BCUT2D eigenvalue weighted by Crippen LogP contribution is -2.16. The van der Waals surface area contributed by atoms with Gasteiger partial charge in [0.05, 0.1) is 7.11 Å². The molecule has 0 radical (unpaired) electrons. The zero-order chi connectivity index (χ0) is 13.3. The number of methoxy groups -OCH3 is 1. The minimum Gasteiger partial charge on any atom is -0.464 e. The van der Waals surface area contributed by atoms with Crippen molar-refractivity contribution in [1.82, 2.24) is 4.98 Å². The third kappa shape index (κ3) is 2.55. The minimum absolute atomic E-state index is 0.164. The number of esters is 1. The quantitative estimate of drug-likeness (QED) is 0.844. The summed E-state index contributed by atoms with van der Waals surface area (Å²) in [6.07, 6.45) is -4.74. The largest absolute Gasteiger partial charge is 0.573 e. The summed E-state index contributed by atoms with van der Waals surface area (Å²) in [7, 11) is 1.21. The van der Waals surface area contributed by atoms with Crippen molar-refractivity contribution in [1.29, 1.82) is 0 Å². The van der Waals surface area contributed by atoms with Crippen molar-refractivity contribution < 1.29 is 27.4 Å². The van der Waals surface area contributed by atoms with Gasteiger partial charge in [-0.15, -0.1) is 13.2 Å². The van der Waals surface area contributed by atoms with Gasteiger partial charge in [-0.25, -0.2) is 4.79 Å². The van der Waals surface area contributed by atoms with Crippen LogP contribution >= 0.6 is 0 Å². The standard InChI is InChI=1S/C11H8F3NO3/c1-17-10(16)9-5-6-4-7(18-11(12,13)14)2-3-8(6)15-9/h2-5,15H,1H3. The Morgan fingerprint density at radius 2 is 2.00 bits per heavy atom. The van der Waals surface area contributed by atoms with Crippen LogP contribution < -0.4 is 4.74 Å². The van der Waals surface area contributed by atoms with E-state index in [2.05, 4.69) is 14.5 Å². The molecule has 0 bridgehead atoms. The van der Waals surface area contributed by atoms with Gasteiger partial charge in [-0.1, -0.05) is 0 Å². The molecule has 1 heterocycles. The molecular weight excluding hydrogens is 251 g/mol. The fourth-order valence-corrected chi connectivity index (χ4v) is 1.53. The highest BCUT2D eigenvalue weighted by Crippen LogP contribution is 2.26. The lowest BCUT2D eigenvalue weighted by Gasteiger charge is -2.08. The van der Waals surface area contributed by atoms with Gasteiger partial charge < -0.3 is 14.5 Å². The number of hydrogen-bond acceptors (Lipinski definition) is 3. The third-order valence-corrected chi connectivity index (χ3v) is 2.23. The number of halogens is 3. The highest BCUT2D eigenvalue weighted by molar-refractivity contribution is 5.95. The Balaban J connectivity index is 2.37. The average molecular weight is 259 g/mol. The first-order valence-electron chi connectivity index (χ1n) is 4.86. The molecule has 0 saturated heterocycles. The van der Waals surface area contributed by atoms with E-state index in [0.717, 1.165) is 6.07 Å². The van der Waals surface area contributed by atoms with E-state index in [0.29, 0.717) is 10.9 Å². The van der Waals surface area contributed by atoms with E-state index in [1.54, 1.807) is 0 Å². The van der Waals surface area contributed by atoms with Crippen molar-refractivity contribution >= 4 is 16.9 Å². The van der Waals surface area contributed by atoms with Gasteiger partial charge >= 0.3 is 12.3 Å². The van der Waals surface area contributed by atoms with E-state index in [4.69, 9.17) is 0 Å². The van der Waals surface area contributed by atoms with Crippen LogP contribution in [0.15, 0.2) is 24.3 Å². The van der Waals surface area contributed by atoms with E-state index in [1.165, 1.54) is 25.3 Å². The van der Waals surface area contributed by atoms with Gasteiger partial charge in [0.15, 0.2) is 0 Å². The maximum absolute atomic E-state index is 12.0. The second kappa shape index (κ2) is 4.25. The molecule has 1 N–H and O–H groups in total. The van der Waals surface area contributed by atoms with Gasteiger partial charge in [-0.3, -0.25) is 0 Å². The Bertz CT molecular complexity index is 589. The van der Waals surface area contributed by atoms with Crippen molar-refractivity contribution in [3.8, 4) is 5.75 Å². The zero-order valence-corrected chi connectivity index (χ0v) is 9.17. The number of carbonyl (C=O) groups excluding carboxylic acids is 1. The molecule has 0 unspecified atom stereocenters. The maximum Gasteiger partial charge on any atom is 0.573 e. The summed E-state index contributed by atoms with van der Waals surface area (Å²) >= 11 is 0. The van der Waals surface area contributed by atoms with Crippen molar-refractivity contribution in [3.05, 3.63) is 30.0 Å². The number of carbonyl (C=O) groups is 1. The normalized spacial score (nSPS) is 11.6. The second-order valence-corrected chi connectivity index (χ2v) is 3.47. The molecule has 96 valence electrons. The summed E-state index contributed by atoms with van der Waals surface area (Å²) in [4.78, 5) is 14.0. The van der Waals surface area contributed by atoms with Gasteiger partial charge in [0.1, 0.15) is 11.4 Å².